The highest BCUT2D eigenvalue weighted by Gasteiger charge is 2.27. The topological polar surface area (TPSA) is 84.2 Å². The standard InChI is InChI=1S/C22H27N3O5/c1-16-6-7-20(30-16)18(24-10-12-28-13-11-24)14-23-21(26)8-9-25-17-4-2-3-5-19(17)29-15-22(25)27/h2-7,18H,8-15H2,1H3,(H,23,26). The third kappa shape index (κ3) is 4.66. The highest BCUT2D eigenvalue weighted by molar-refractivity contribution is 5.98. The largest absolute Gasteiger partial charge is 0.482 e. The van der Waals surface area contributed by atoms with E-state index in [1.165, 1.54) is 0 Å². The van der Waals surface area contributed by atoms with E-state index in [1.54, 1.807) is 4.90 Å². The summed E-state index contributed by atoms with van der Waals surface area (Å²) in [4.78, 5) is 28.7. The van der Waals surface area contributed by atoms with Gasteiger partial charge in [0.25, 0.3) is 5.91 Å². The normalized spacial score (nSPS) is 17.9. The molecule has 0 radical (unpaired) electrons. The van der Waals surface area contributed by atoms with Gasteiger partial charge in [-0.15, -0.1) is 0 Å². The van der Waals surface area contributed by atoms with Crippen molar-refractivity contribution in [1.82, 2.24) is 10.2 Å². The van der Waals surface area contributed by atoms with Gasteiger partial charge in [-0.3, -0.25) is 14.5 Å². The second kappa shape index (κ2) is 9.32. The van der Waals surface area contributed by atoms with Gasteiger partial charge in [-0.05, 0) is 31.2 Å². The lowest BCUT2D eigenvalue weighted by Crippen LogP contribution is -2.44. The van der Waals surface area contributed by atoms with Crippen LogP contribution in [0.15, 0.2) is 40.8 Å². The molecule has 8 nitrogen and oxygen atoms in total. The van der Waals surface area contributed by atoms with Crippen LogP contribution in [0.4, 0.5) is 5.69 Å². The molecule has 4 rings (SSSR count). The molecular weight excluding hydrogens is 386 g/mol. The molecule has 1 fully saturated rings. The van der Waals surface area contributed by atoms with E-state index < -0.39 is 0 Å². The van der Waals surface area contributed by atoms with Crippen LogP contribution < -0.4 is 15.0 Å². The number of nitrogens with one attached hydrogen (secondary N) is 1. The lowest BCUT2D eigenvalue weighted by Gasteiger charge is -2.33. The van der Waals surface area contributed by atoms with Crippen LogP contribution in [0.5, 0.6) is 5.75 Å². The summed E-state index contributed by atoms with van der Waals surface area (Å²) in [5.74, 6) is 2.11. The molecule has 1 aromatic carbocycles. The molecule has 8 heteroatoms. The van der Waals surface area contributed by atoms with Crippen LogP contribution in [0, 0.1) is 6.92 Å². The van der Waals surface area contributed by atoms with Gasteiger partial charge < -0.3 is 24.1 Å². The molecule has 2 aromatic rings. The quantitative estimate of drug-likeness (QED) is 0.746. The molecule has 0 aliphatic carbocycles. The highest BCUT2D eigenvalue weighted by Crippen LogP contribution is 2.31. The van der Waals surface area contributed by atoms with Crippen molar-refractivity contribution in [3.8, 4) is 5.75 Å². The van der Waals surface area contributed by atoms with Crippen molar-refractivity contribution < 1.29 is 23.5 Å². The number of fused-ring (bicyclic) bond motifs is 1. The number of nitrogens with zero attached hydrogens (tertiary/aromatic N) is 2. The zero-order chi connectivity index (χ0) is 20.9. The summed E-state index contributed by atoms with van der Waals surface area (Å²) in [6.07, 6.45) is 0.215. The number of carbonyl (C=O) groups excluding carboxylic acids is 2. The second-order valence-electron chi connectivity index (χ2n) is 7.47. The molecule has 160 valence electrons. The predicted octanol–water partition coefficient (Wildman–Crippen LogP) is 1.89. The van der Waals surface area contributed by atoms with E-state index in [1.807, 2.05) is 43.3 Å². The Bertz CT molecular complexity index is 890. The summed E-state index contributed by atoms with van der Waals surface area (Å²) in [5, 5.41) is 3.02. The minimum Gasteiger partial charge on any atom is -0.482 e. The molecule has 0 spiro atoms. The minimum atomic E-state index is -0.140. The number of furan rings is 1. The number of amides is 2. The number of rotatable bonds is 7. The third-order valence-electron chi connectivity index (χ3n) is 5.44. The second-order valence-corrected chi connectivity index (χ2v) is 7.47. The van der Waals surface area contributed by atoms with Crippen LogP contribution in [0.25, 0.3) is 0 Å². The molecule has 1 aromatic heterocycles. The number of hydrogen-bond acceptors (Lipinski definition) is 6. The number of hydrogen-bond donors (Lipinski definition) is 1. The Morgan fingerprint density at radius 1 is 1.17 bits per heavy atom. The van der Waals surface area contributed by atoms with E-state index in [2.05, 4.69) is 10.2 Å². The molecule has 1 unspecified atom stereocenters. The molecule has 2 aliphatic heterocycles. The zero-order valence-electron chi connectivity index (χ0n) is 17.1. The average molecular weight is 413 g/mol. The Hall–Kier alpha value is -2.84. The zero-order valence-corrected chi connectivity index (χ0v) is 17.1. The van der Waals surface area contributed by atoms with Crippen LogP contribution >= 0.6 is 0 Å². The van der Waals surface area contributed by atoms with Crippen LogP contribution in [-0.4, -0.2) is 62.7 Å². The Labute approximate surface area is 175 Å². The average Bonchev–Trinajstić information content (AvgIpc) is 3.20. The van der Waals surface area contributed by atoms with E-state index >= 15 is 0 Å². The summed E-state index contributed by atoms with van der Waals surface area (Å²) in [7, 11) is 0. The van der Waals surface area contributed by atoms with Gasteiger partial charge in [-0.2, -0.15) is 0 Å². The molecular formula is C22H27N3O5. The van der Waals surface area contributed by atoms with Crippen molar-refractivity contribution in [3.63, 3.8) is 0 Å². The molecule has 3 heterocycles. The molecule has 1 N–H and O–H groups in total. The molecule has 2 amide bonds. The predicted molar refractivity (Wildman–Crippen MR) is 110 cm³/mol. The molecule has 1 saturated heterocycles. The number of para-hydroxylation sites is 2. The van der Waals surface area contributed by atoms with Gasteiger partial charge >= 0.3 is 0 Å². The fourth-order valence-electron chi connectivity index (χ4n) is 3.84. The van der Waals surface area contributed by atoms with Crippen LogP contribution in [0.3, 0.4) is 0 Å². The maximum absolute atomic E-state index is 12.6. The Morgan fingerprint density at radius 3 is 2.73 bits per heavy atom. The first kappa shape index (κ1) is 20.4. The van der Waals surface area contributed by atoms with Crippen molar-refractivity contribution in [2.45, 2.75) is 19.4 Å². The van der Waals surface area contributed by atoms with Crippen LogP contribution in [0.1, 0.15) is 24.0 Å². The molecule has 30 heavy (non-hydrogen) atoms. The minimum absolute atomic E-state index is 0.00438. The fraction of sp³-hybridized carbons (Fsp3) is 0.455. The van der Waals surface area contributed by atoms with Crippen LogP contribution in [-0.2, 0) is 14.3 Å². The smallest absolute Gasteiger partial charge is 0.265 e. The number of benzene rings is 1. The SMILES string of the molecule is Cc1ccc(C(CNC(=O)CCN2C(=O)COc3ccccc32)N2CCOCC2)o1. The summed E-state index contributed by atoms with van der Waals surface area (Å²) in [6.45, 7) is 5.59. The summed E-state index contributed by atoms with van der Waals surface area (Å²) >= 11 is 0. The number of aryl methyl sites for hydroxylation is 1. The number of anilines is 1. The van der Waals surface area contributed by atoms with Gasteiger partial charge in [-0.1, -0.05) is 12.1 Å². The van der Waals surface area contributed by atoms with E-state index in [-0.39, 0.29) is 30.9 Å². The van der Waals surface area contributed by atoms with Gasteiger partial charge in [0.15, 0.2) is 6.61 Å². The number of ether oxygens (including phenoxy) is 2. The maximum Gasteiger partial charge on any atom is 0.265 e. The van der Waals surface area contributed by atoms with E-state index in [4.69, 9.17) is 13.9 Å². The van der Waals surface area contributed by atoms with E-state index in [0.29, 0.717) is 37.7 Å². The Kier molecular flexibility index (Phi) is 6.35. The maximum atomic E-state index is 12.6. The van der Waals surface area contributed by atoms with Crippen LogP contribution in [0.2, 0.25) is 0 Å². The Balaban J connectivity index is 1.35. The van der Waals surface area contributed by atoms with Crippen molar-refractivity contribution in [2.75, 3.05) is 50.9 Å². The van der Waals surface area contributed by atoms with E-state index in [9.17, 15) is 9.59 Å². The molecule has 2 aliphatic rings. The molecule has 1 atom stereocenters. The van der Waals surface area contributed by atoms with Gasteiger partial charge in [0.1, 0.15) is 17.3 Å². The highest BCUT2D eigenvalue weighted by atomic mass is 16.5. The summed E-state index contributed by atoms with van der Waals surface area (Å²) < 4.78 is 16.7. The first-order valence-corrected chi connectivity index (χ1v) is 10.3. The third-order valence-corrected chi connectivity index (χ3v) is 5.44. The van der Waals surface area contributed by atoms with Crippen molar-refractivity contribution >= 4 is 17.5 Å². The Morgan fingerprint density at radius 2 is 1.97 bits per heavy atom. The summed E-state index contributed by atoms with van der Waals surface area (Å²) in [6, 6.07) is 11.2. The van der Waals surface area contributed by atoms with Crippen molar-refractivity contribution in [2.24, 2.45) is 0 Å². The number of morpholine rings is 1. The number of carbonyl (C=O) groups is 2. The van der Waals surface area contributed by atoms with Gasteiger partial charge in [-0.25, -0.2) is 0 Å². The molecule has 0 bridgehead atoms. The van der Waals surface area contributed by atoms with Gasteiger partial charge in [0.05, 0.1) is 24.9 Å². The lowest BCUT2D eigenvalue weighted by atomic mass is 10.1. The van der Waals surface area contributed by atoms with E-state index in [0.717, 1.165) is 24.6 Å². The molecule has 0 saturated carbocycles. The van der Waals surface area contributed by atoms with Gasteiger partial charge in [0, 0.05) is 32.6 Å². The van der Waals surface area contributed by atoms with Crippen molar-refractivity contribution in [3.05, 3.63) is 47.9 Å². The fourth-order valence-corrected chi connectivity index (χ4v) is 3.84. The van der Waals surface area contributed by atoms with Crippen molar-refractivity contribution in [1.29, 1.82) is 0 Å². The first-order chi connectivity index (χ1) is 14.6. The first-order valence-electron chi connectivity index (χ1n) is 10.3. The lowest BCUT2D eigenvalue weighted by molar-refractivity contribution is -0.122. The summed E-state index contributed by atoms with van der Waals surface area (Å²) in [5.41, 5.74) is 0.707. The van der Waals surface area contributed by atoms with Gasteiger partial charge in [0.2, 0.25) is 5.91 Å². The monoisotopic (exact) mass is 413 g/mol.